The van der Waals surface area contributed by atoms with Crippen LogP contribution >= 0.6 is 23.2 Å². The average molecular weight is 457 g/mol. The van der Waals surface area contributed by atoms with Gasteiger partial charge in [-0.25, -0.2) is 0 Å². The van der Waals surface area contributed by atoms with E-state index in [2.05, 4.69) is 0 Å². The Balaban J connectivity index is 1.71. The molecule has 2 aliphatic rings. The lowest BCUT2D eigenvalue weighted by Gasteiger charge is -2.28. The highest BCUT2D eigenvalue weighted by atomic mass is 35.5. The fraction of sp³-hybridized carbons (Fsp3) is 0.652. The summed E-state index contributed by atoms with van der Waals surface area (Å²) in [6.07, 6.45) is 0.308. The number of hydrogen-bond acceptors (Lipinski definition) is 5. The standard InChI is InChI=1S/C23H30Cl2O5/c1-22(2,3)29-20(26)18-13-10-16(19(17(13)18)21(27)30-23(4,5)6)28-11-12-7-8-14(24)15(25)9-12/h7-9,13,16-19H,10-11H2,1-6H3/t13?,16?,17?,18-,19+/m0/s1. The van der Waals surface area contributed by atoms with E-state index in [1.54, 1.807) is 12.1 Å². The van der Waals surface area contributed by atoms with E-state index in [1.807, 2.05) is 47.6 Å². The van der Waals surface area contributed by atoms with Gasteiger partial charge in [-0.2, -0.15) is 0 Å². The number of rotatable bonds is 5. The van der Waals surface area contributed by atoms with Crippen LogP contribution < -0.4 is 0 Å². The molecule has 30 heavy (non-hydrogen) atoms. The minimum Gasteiger partial charge on any atom is -0.460 e. The van der Waals surface area contributed by atoms with Crippen molar-refractivity contribution in [3.63, 3.8) is 0 Å². The van der Waals surface area contributed by atoms with Gasteiger partial charge in [0.05, 0.1) is 34.6 Å². The molecule has 3 rings (SSSR count). The second kappa shape index (κ2) is 8.33. The third-order valence-corrected chi connectivity index (χ3v) is 6.09. The lowest BCUT2D eigenvalue weighted by atomic mass is 9.96. The molecule has 0 aromatic heterocycles. The highest BCUT2D eigenvalue weighted by molar-refractivity contribution is 6.42. The Labute approximate surface area is 188 Å². The van der Waals surface area contributed by atoms with Crippen LogP contribution in [0, 0.1) is 23.7 Å². The van der Waals surface area contributed by atoms with Gasteiger partial charge in [0.15, 0.2) is 0 Å². The van der Waals surface area contributed by atoms with E-state index < -0.39 is 17.1 Å². The zero-order chi connectivity index (χ0) is 22.4. The molecule has 0 spiro atoms. The fourth-order valence-electron chi connectivity index (χ4n) is 4.24. The van der Waals surface area contributed by atoms with Crippen molar-refractivity contribution in [2.24, 2.45) is 23.7 Å². The van der Waals surface area contributed by atoms with Gasteiger partial charge in [-0.1, -0.05) is 29.3 Å². The molecule has 2 aliphatic carbocycles. The molecule has 0 N–H and O–H groups in total. The zero-order valence-electron chi connectivity index (χ0n) is 18.3. The molecule has 0 radical (unpaired) electrons. The third-order valence-electron chi connectivity index (χ3n) is 5.36. The number of esters is 2. The first kappa shape index (κ1) is 23.4. The van der Waals surface area contributed by atoms with Crippen LogP contribution in [0.2, 0.25) is 10.0 Å². The Kier molecular flexibility index (Phi) is 6.48. The maximum Gasteiger partial charge on any atom is 0.312 e. The van der Waals surface area contributed by atoms with Gasteiger partial charge in [0.25, 0.3) is 0 Å². The summed E-state index contributed by atoms with van der Waals surface area (Å²) in [5.74, 6) is -1.35. The first-order valence-corrected chi connectivity index (χ1v) is 11.0. The van der Waals surface area contributed by atoms with Crippen molar-refractivity contribution in [2.75, 3.05) is 0 Å². The minimum atomic E-state index is -0.611. The molecular weight excluding hydrogens is 427 g/mol. The van der Waals surface area contributed by atoms with E-state index in [-0.39, 0.29) is 35.8 Å². The highest BCUT2D eigenvalue weighted by Crippen LogP contribution is 2.62. The van der Waals surface area contributed by atoms with E-state index in [1.165, 1.54) is 0 Å². The van der Waals surface area contributed by atoms with Crippen LogP contribution in [0.1, 0.15) is 53.5 Å². The topological polar surface area (TPSA) is 61.8 Å². The van der Waals surface area contributed by atoms with Gasteiger partial charge >= 0.3 is 11.9 Å². The van der Waals surface area contributed by atoms with Crippen molar-refractivity contribution < 1.29 is 23.8 Å². The summed E-state index contributed by atoms with van der Waals surface area (Å²) < 4.78 is 17.3. The van der Waals surface area contributed by atoms with Gasteiger partial charge < -0.3 is 14.2 Å². The van der Waals surface area contributed by atoms with Gasteiger partial charge in [0, 0.05) is 0 Å². The van der Waals surface area contributed by atoms with Gasteiger partial charge in [-0.15, -0.1) is 0 Å². The largest absolute Gasteiger partial charge is 0.460 e. The van der Waals surface area contributed by atoms with E-state index in [0.29, 0.717) is 23.1 Å². The van der Waals surface area contributed by atoms with Crippen LogP contribution in [0.3, 0.4) is 0 Å². The van der Waals surface area contributed by atoms with E-state index in [4.69, 9.17) is 37.4 Å². The molecule has 0 aliphatic heterocycles. The fourth-order valence-corrected chi connectivity index (χ4v) is 4.56. The molecule has 1 aromatic rings. The van der Waals surface area contributed by atoms with Crippen LogP contribution in [0.4, 0.5) is 0 Å². The third kappa shape index (κ3) is 5.49. The predicted molar refractivity (Wildman–Crippen MR) is 115 cm³/mol. The number of fused-ring (bicyclic) bond motifs is 1. The number of halogens is 2. The Bertz CT molecular complexity index is 824. The Morgan fingerprint density at radius 3 is 2.03 bits per heavy atom. The van der Waals surface area contributed by atoms with Crippen molar-refractivity contribution in [3.05, 3.63) is 33.8 Å². The van der Waals surface area contributed by atoms with E-state index >= 15 is 0 Å². The van der Waals surface area contributed by atoms with Gasteiger partial charge in [0.2, 0.25) is 0 Å². The number of ether oxygens (including phenoxy) is 3. The van der Waals surface area contributed by atoms with E-state index in [0.717, 1.165) is 5.56 Å². The maximum absolute atomic E-state index is 13.0. The smallest absolute Gasteiger partial charge is 0.312 e. The lowest BCUT2D eigenvalue weighted by molar-refractivity contribution is -0.167. The number of carbonyl (C=O) groups is 2. The molecular formula is C23H30Cl2O5. The van der Waals surface area contributed by atoms with Crippen LogP contribution in [0.5, 0.6) is 0 Å². The summed E-state index contributed by atoms with van der Waals surface area (Å²) in [4.78, 5) is 25.6. The second-order valence-electron chi connectivity index (χ2n) is 10.2. The maximum atomic E-state index is 13.0. The van der Waals surface area contributed by atoms with Crippen molar-refractivity contribution in [3.8, 4) is 0 Å². The summed E-state index contributed by atoms with van der Waals surface area (Å²) in [5, 5.41) is 0.940. The molecule has 3 unspecified atom stereocenters. The first-order valence-electron chi connectivity index (χ1n) is 10.3. The minimum absolute atomic E-state index is 0.0798. The molecule has 1 aromatic carbocycles. The molecule has 5 atom stereocenters. The normalized spacial score (nSPS) is 28.1. The lowest BCUT2D eigenvalue weighted by Crippen LogP contribution is -2.37. The quantitative estimate of drug-likeness (QED) is 0.551. The SMILES string of the molecule is CC(C)(C)OC(=O)[C@@H]1C(OCc2ccc(Cl)c(Cl)c2)CC2C1[C@H]2C(=O)OC(C)(C)C. The zero-order valence-corrected chi connectivity index (χ0v) is 19.8. The Hall–Kier alpha value is -1.30. The summed E-state index contributed by atoms with van der Waals surface area (Å²) in [5.41, 5.74) is -0.296. The Morgan fingerprint density at radius 2 is 1.50 bits per heavy atom. The van der Waals surface area contributed by atoms with Crippen LogP contribution in [-0.4, -0.2) is 29.2 Å². The average Bonchev–Trinajstić information content (AvgIpc) is 3.14. The van der Waals surface area contributed by atoms with Crippen molar-refractivity contribution in [1.29, 1.82) is 0 Å². The summed E-state index contributed by atoms with van der Waals surface area (Å²) in [7, 11) is 0. The molecule has 7 heteroatoms. The molecule has 0 amide bonds. The van der Waals surface area contributed by atoms with Crippen LogP contribution in [-0.2, 0) is 30.4 Å². The monoisotopic (exact) mass is 456 g/mol. The summed E-state index contributed by atoms with van der Waals surface area (Å²) >= 11 is 12.1. The molecule has 5 nitrogen and oxygen atoms in total. The van der Waals surface area contributed by atoms with Crippen molar-refractivity contribution in [2.45, 2.75) is 71.9 Å². The van der Waals surface area contributed by atoms with Gasteiger partial charge in [-0.05, 0) is 77.5 Å². The van der Waals surface area contributed by atoms with Crippen molar-refractivity contribution >= 4 is 35.1 Å². The summed E-state index contributed by atoms with van der Waals surface area (Å²) in [6, 6.07) is 5.32. The Morgan fingerprint density at radius 1 is 0.933 bits per heavy atom. The van der Waals surface area contributed by atoms with E-state index in [9.17, 15) is 9.59 Å². The molecule has 2 saturated carbocycles. The number of hydrogen-bond donors (Lipinski definition) is 0. The number of benzene rings is 1. The molecule has 2 fully saturated rings. The molecule has 0 heterocycles. The predicted octanol–water partition coefficient (Wildman–Crippen LogP) is 5.44. The van der Waals surface area contributed by atoms with Crippen molar-refractivity contribution in [1.82, 2.24) is 0 Å². The van der Waals surface area contributed by atoms with Crippen LogP contribution in [0.25, 0.3) is 0 Å². The summed E-state index contributed by atoms with van der Waals surface area (Å²) in [6.45, 7) is 11.3. The highest BCUT2D eigenvalue weighted by Gasteiger charge is 2.68. The number of carbonyl (C=O) groups excluding carboxylic acids is 2. The second-order valence-corrected chi connectivity index (χ2v) is 11.0. The van der Waals surface area contributed by atoms with Gasteiger partial charge in [-0.3, -0.25) is 9.59 Å². The van der Waals surface area contributed by atoms with Gasteiger partial charge in [0.1, 0.15) is 11.2 Å². The molecule has 0 saturated heterocycles. The first-order chi connectivity index (χ1) is 13.8. The van der Waals surface area contributed by atoms with Crippen LogP contribution in [0.15, 0.2) is 18.2 Å². The molecule has 0 bridgehead atoms. The molecule has 166 valence electrons.